The molecule has 0 amide bonds. The van der Waals surface area contributed by atoms with Crippen molar-refractivity contribution in [3.8, 4) is 11.5 Å². The first-order chi connectivity index (χ1) is 9.55. The Morgan fingerprint density at radius 2 is 1.95 bits per heavy atom. The highest BCUT2D eigenvalue weighted by Crippen LogP contribution is 2.36. The van der Waals surface area contributed by atoms with E-state index in [1.807, 2.05) is 26.2 Å². The number of nitrogens with one attached hydrogen (secondary N) is 1. The van der Waals surface area contributed by atoms with Crippen LogP contribution in [0.5, 0.6) is 11.5 Å². The lowest BCUT2D eigenvalue weighted by Gasteiger charge is -2.13. The standard InChI is InChI=1S/C14H18ClN3O2/c1-9-10(8-18(2)17-9)7-16-12-6-13(19-3)11(15)5-14(12)20-4/h5-6,8,16H,7H2,1-4H3. The van der Waals surface area contributed by atoms with Crippen LogP contribution in [0.2, 0.25) is 5.02 Å². The minimum absolute atomic E-state index is 0.521. The van der Waals surface area contributed by atoms with Gasteiger partial charge in [-0.15, -0.1) is 0 Å². The zero-order chi connectivity index (χ0) is 14.7. The van der Waals surface area contributed by atoms with Crippen molar-refractivity contribution < 1.29 is 9.47 Å². The van der Waals surface area contributed by atoms with Gasteiger partial charge in [-0.05, 0) is 6.92 Å². The first kappa shape index (κ1) is 14.5. The predicted octanol–water partition coefficient (Wildman–Crippen LogP) is 3.01. The van der Waals surface area contributed by atoms with Crippen molar-refractivity contribution in [2.45, 2.75) is 13.5 Å². The average Bonchev–Trinajstić information content (AvgIpc) is 2.75. The number of benzene rings is 1. The number of nitrogens with zero attached hydrogens (tertiary/aromatic N) is 2. The molecule has 0 aliphatic rings. The molecular formula is C14H18ClN3O2. The molecule has 108 valence electrons. The molecule has 1 aromatic carbocycles. The minimum Gasteiger partial charge on any atom is -0.495 e. The molecule has 0 aliphatic heterocycles. The molecule has 6 heteroatoms. The second-order valence-electron chi connectivity index (χ2n) is 4.45. The molecule has 20 heavy (non-hydrogen) atoms. The van der Waals surface area contributed by atoms with Gasteiger partial charge >= 0.3 is 0 Å². The van der Waals surface area contributed by atoms with Gasteiger partial charge in [-0.25, -0.2) is 0 Å². The molecular weight excluding hydrogens is 278 g/mol. The molecule has 1 heterocycles. The Kier molecular flexibility index (Phi) is 4.39. The summed E-state index contributed by atoms with van der Waals surface area (Å²) in [5, 5.41) is 8.15. The number of ether oxygens (including phenoxy) is 2. The Hall–Kier alpha value is -1.88. The fourth-order valence-corrected chi connectivity index (χ4v) is 2.24. The van der Waals surface area contributed by atoms with Crippen LogP contribution in [0.1, 0.15) is 11.3 Å². The third kappa shape index (κ3) is 2.99. The largest absolute Gasteiger partial charge is 0.495 e. The molecule has 0 fully saturated rings. The molecule has 2 aromatic rings. The van der Waals surface area contributed by atoms with Crippen molar-refractivity contribution in [2.24, 2.45) is 7.05 Å². The number of methoxy groups -OCH3 is 2. The summed E-state index contributed by atoms with van der Waals surface area (Å²) in [5.41, 5.74) is 2.96. The van der Waals surface area contributed by atoms with Gasteiger partial charge in [0.05, 0.1) is 30.6 Å². The molecule has 0 saturated heterocycles. The third-order valence-corrected chi connectivity index (χ3v) is 3.35. The van der Waals surface area contributed by atoms with E-state index in [1.54, 1.807) is 25.0 Å². The van der Waals surface area contributed by atoms with Gasteiger partial charge in [0.15, 0.2) is 0 Å². The average molecular weight is 296 g/mol. The maximum atomic E-state index is 6.08. The number of halogens is 1. The topological polar surface area (TPSA) is 48.3 Å². The SMILES string of the molecule is COc1cc(NCc2cn(C)nc2C)c(OC)cc1Cl. The first-order valence-corrected chi connectivity index (χ1v) is 6.57. The van der Waals surface area contributed by atoms with E-state index in [0.717, 1.165) is 16.9 Å². The maximum Gasteiger partial charge on any atom is 0.143 e. The maximum absolute atomic E-state index is 6.08. The fraction of sp³-hybridized carbons (Fsp3) is 0.357. The monoisotopic (exact) mass is 295 g/mol. The summed E-state index contributed by atoms with van der Waals surface area (Å²) in [7, 11) is 5.10. The van der Waals surface area contributed by atoms with Gasteiger partial charge in [-0.1, -0.05) is 11.6 Å². The van der Waals surface area contributed by atoms with Crippen LogP contribution in [0.15, 0.2) is 18.3 Å². The summed E-state index contributed by atoms with van der Waals surface area (Å²) in [6, 6.07) is 3.56. The fourth-order valence-electron chi connectivity index (χ4n) is 2.01. The quantitative estimate of drug-likeness (QED) is 0.921. The summed E-state index contributed by atoms with van der Waals surface area (Å²) in [6.45, 7) is 2.64. The van der Waals surface area contributed by atoms with E-state index >= 15 is 0 Å². The van der Waals surface area contributed by atoms with Gasteiger partial charge in [0.2, 0.25) is 0 Å². The second-order valence-corrected chi connectivity index (χ2v) is 4.86. The predicted molar refractivity (Wildman–Crippen MR) is 79.8 cm³/mol. The molecule has 0 spiro atoms. The molecule has 0 atom stereocenters. The molecule has 0 bridgehead atoms. The van der Waals surface area contributed by atoms with Crippen molar-refractivity contribution in [3.05, 3.63) is 34.6 Å². The Morgan fingerprint density at radius 1 is 1.25 bits per heavy atom. The van der Waals surface area contributed by atoms with Crippen molar-refractivity contribution in [3.63, 3.8) is 0 Å². The summed E-state index contributed by atoms with van der Waals surface area (Å²) >= 11 is 6.08. The van der Waals surface area contributed by atoms with Gasteiger partial charge in [0, 0.05) is 37.5 Å². The van der Waals surface area contributed by atoms with E-state index in [0.29, 0.717) is 23.1 Å². The smallest absolute Gasteiger partial charge is 0.143 e. The lowest BCUT2D eigenvalue weighted by molar-refractivity contribution is 0.404. The van der Waals surface area contributed by atoms with Crippen LogP contribution in [-0.2, 0) is 13.6 Å². The molecule has 0 saturated carbocycles. The van der Waals surface area contributed by atoms with Crippen LogP contribution in [0.4, 0.5) is 5.69 Å². The van der Waals surface area contributed by atoms with Crippen molar-refractivity contribution in [1.29, 1.82) is 0 Å². The summed E-state index contributed by atoms with van der Waals surface area (Å²) < 4.78 is 12.3. The Bertz CT molecular complexity index is 611. The van der Waals surface area contributed by atoms with E-state index in [2.05, 4.69) is 10.4 Å². The Balaban J connectivity index is 2.22. The van der Waals surface area contributed by atoms with E-state index in [1.165, 1.54) is 0 Å². The summed E-state index contributed by atoms with van der Waals surface area (Å²) in [4.78, 5) is 0. The minimum atomic E-state index is 0.521. The normalized spacial score (nSPS) is 10.4. The summed E-state index contributed by atoms with van der Waals surface area (Å²) in [6.07, 6.45) is 1.99. The zero-order valence-corrected chi connectivity index (χ0v) is 12.8. The molecule has 0 aliphatic carbocycles. The van der Waals surface area contributed by atoms with Gasteiger partial charge in [-0.3, -0.25) is 4.68 Å². The van der Waals surface area contributed by atoms with Crippen LogP contribution in [0.3, 0.4) is 0 Å². The van der Waals surface area contributed by atoms with Crippen molar-refractivity contribution >= 4 is 17.3 Å². The van der Waals surface area contributed by atoms with Crippen LogP contribution >= 0.6 is 11.6 Å². The van der Waals surface area contributed by atoms with E-state index in [4.69, 9.17) is 21.1 Å². The molecule has 2 rings (SSSR count). The lowest BCUT2D eigenvalue weighted by atomic mass is 10.2. The van der Waals surface area contributed by atoms with Gasteiger partial charge in [-0.2, -0.15) is 5.10 Å². The number of rotatable bonds is 5. The van der Waals surface area contributed by atoms with Crippen LogP contribution in [0, 0.1) is 6.92 Å². The number of aromatic nitrogens is 2. The number of anilines is 1. The van der Waals surface area contributed by atoms with Crippen LogP contribution in [-0.4, -0.2) is 24.0 Å². The second kappa shape index (κ2) is 6.05. The highest BCUT2D eigenvalue weighted by Gasteiger charge is 2.10. The van der Waals surface area contributed by atoms with E-state index in [-0.39, 0.29) is 0 Å². The highest BCUT2D eigenvalue weighted by atomic mass is 35.5. The van der Waals surface area contributed by atoms with Crippen molar-refractivity contribution in [2.75, 3.05) is 19.5 Å². The zero-order valence-electron chi connectivity index (χ0n) is 12.0. The molecule has 1 N–H and O–H groups in total. The van der Waals surface area contributed by atoms with Crippen LogP contribution < -0.4 is 14.8 Å². The molecule has 5 nitrogen and oxygen atoms in total. The summed E-state index contributed by atoms with van der Waals surface area (Å²) in [5.74, 6) is 1.29. The lowest BCUT2D eigenvalue weighted by Crippen LogP contribution is -2.02. The highest BCUT2D eigenvalue weighted by molar-refractivity contribution is 6.32. The number of aryl methyl sites for hydroxylation is 2. The van der Waals surface area contributed by atoms with Gasteiger partial charge in [0.25, 0.3) is 0 Å². The van der Waals surface area contributed by atoms with E-state index < -0.39 is 0 Å². The van der Waals surface area contributed by atoms with Crippen LogP contribution in [0.25, 0.3) is 0 Å². The first-order valence-electron chi connectivity index (χ1n) is 6.19. The Morgan fingerprint density at radius 3 is 2.50 bits per heavy atom. The number of hydrogen-bond acceptors (Lipinski definition) is 4. The Labute approximate surface area is 123 Å². The molecule has 0 unspecified atom stereocenters. The van der Waals surface area contributed by atoms with Gasteiger partial charge < -0.3 is 14.8 Å². The molecule has 1 aromatic heterocycles. The van der Waals surface area contributed by atoms with Crippen molar-refractivity contribution in [1.82, 2.24) is 9.78 Å². The molecule has 0 radical (unpaired) electrons. The van der Waals surface area contributed by atoms with E-state index in [9.17, 15) is 0 Å². The third-order valence-electron chi connectivity index (χ3n) is 3.06. The number of hydrogen-bond donors (Lipinski definition) is 1. The van der Waals surface area contributed by atoms with Gasteiger partial charge in [0.1, 0.15) is 11.5 Å².